The molecule has 1 N–H and O–H groups in total. The molecule has 3 atom stereocenters. The Morgan fingerprint density at radius 1 is 0.925 bits per heavy atom. The van der Waals surface area contributed by atoms with Crippen LogP contribution >= 0.6 is 0 Å². The number of hydrogen-bond acceptors (Lipinski definition) is 5. The first-order chi connectivity index (χ1) is 19.6. The number of amides is 2. The molecule has 0 aromatic heterocycles. The highest BCUT2D eigenvalue weighted by atomic mass is 16.6. The number of benzene rings is 3. The summed E-state index contributed by atoms with van der Waals surface area (Å²) >= 11 is 0. The number of fused-ring (bicyclic) bond motifs is 3. The largest absolute Gasteiger partial charge is 0.445 e. The fourth-order valence-corrected chi connectivity index (χ4v) is 6.45. The number of ether oxygens (including phenoxy) is 1. The molecule has 7 heteroatoms. The minimum Gasteiger partial charge on any atom is -0.445 e. The zero-order valence-electron chi connectivity index (χ0n) is 22.7. The quantitative estimate of drug-likeness (QED) is 0.422. The van der Waals surface area contributed by atoms with Crippen LogP contribution in [-0.2, 0) is 11.3 Å². The minimum absolute atomic E-state index is 0.0441. The molecule has 1 unspecified atom stereocenters. The van der Waals surface area contributed by atoms with Crippen molar-refractivity contribution in [2.24, 2.45) is 5.92 Å². The van der Waals surface area contributed by atoms with E-state index < -0.39 is 0 Å². The van der Waals surface area contributed by atoms with Gasteiger partial charge in [0.2, 0.25) is 0 Å². The lowest BCUT2D eigenvalue weighted by molar-refractivity contribution is 0.0628. The molecule has 206 valence electrons. The Balaban J connectivity index is 1.23. The maximum absolute atomic E-state index is 13.7. The molecule has 0 spiro atoms. The second kappa shape index (κ2) is 11.6. The van der Waals surface area contributed by atoms with Gasteiger partial charge in [-0.05, 0) is 41.3 Å². The Morgan fingerprint density at radius 2 is 1.65 bits per heavy atom. The van der Waals surface area contributed by atoms with Gasteiger partial charge in [0.15, 0.2) is 0 Å². The Labute approximate surface area is 236 Å². The lowest BCUT2D eigenvalue weighted by atomic mass is 9.79. The van der Waals surface area contributed by atoms with Gasteiger partial charge < -0.3 is 19.9 Å². The fourth-order valence-electron chi connectivity index (χ4n) is 6.45. The Morgan fingerprint density at radius 3 is 2.38 bits per heavy atom. The molecular formula is C33H36N4O3. The molecule has 0 aliphatic carbocycles. The number of nitrogens with zero attached hydrogens (tertiary/aromatic N) is 3. The molecule has 0 bridgehead atoms. The van der Waals surface area contributed by atoms with E-state index in [0.717, 1.165) is 37.3 Å². The van der Waals surface area contributed by atoms with Crippen LogP contribution in [-0.4, -0.2) is 66.0 Å². The zero-order chi connectivity index (χ0) is 27.5. The van der Waals surface area contributed by atoms with Crippen molar-refractivity contribution in [3.05, 3.63) is 114 Å². The molecule has 7 nitrogen and oxygen atoms in total. The van der Waals surface area contributed by atoms with E-state index in [9.17, 15) is 9.59 Å². The van der Waals surface area contributed by atoms with Crippen molar-refractivity contribution in [3.8, 4) is 0 Å². The molecule has 0 radical (unpaired) electrons. The number of anilines is 1. The lowest BCUT2D eigenvalue weighted by Gasteiger charge is -2.40. The van der Waals surface area contributed by atoms with Gasteiger partial charge in [-0.1, -0.05) is 73.3 Å². The van der Waals surface area contributed by atoms with Gasteiger partial charge in [0, 0.05) is 56.4 Å². The number of piperazine rings is 1. The van der Waals surface area contributed by atoms with Crippen LogP contribution in [0.4, 0.5) is 10.5 Å². The topological polar surface area (TPSA) is 65.1 Å². The van der Waals surface area contributed by atoms with Crippen LogP contribution in [0, 0.1) is 5.92 Å². The summed E-state index contributed by atoms with van der Waals surface area (Å²) in [4.78, 5) is 32.9. The highest BCUT2D eigenvalue weighted by Crippen LogP contribution is 2.51. The van der Waals surface area contributed by atoms with Gasteiger partial charge in [0.1, 0.15) is 6.61 Å². The van der Waals surface area contributed by atoms with Crippen LogP contribution in [0.1, 0.15) is 45.6 Å². The third-order valence-electron chi connectivity index (χ3n) is 8.43. The van der Waals surface area contributed by atoms with Gasteiger partial charge in [-0.15, -0.1) is 0 Å². The number of carbonyl (C=O) groups is 2. The number of hydrogen-bond donors (Lipinski definition) is 1. The van der Waals surface area contributed by atoms with Crippen LogP contribution < -0.4 is 5.32 Å². The van der Waals surface area contributed by atoms with E-state index in [-0.39, 0.29) is 36.6 Å². The minimum atomic E-state index is -0.335. The summed E-state index contributed by atoms with van der Waals surface area (Å²) in [7, 11) is 0. The van der Waals surface area contributed by atoms with Crippen molar-refractivity contribution in [3.63, 3.8) is 0 Å². The first kappa shape index (κ1) is 26.1. The van der Waals surface area contributed by atoms with Gasteiger partial charge in [0.05, 0.1) is 12.1 Å². The Kier molecular flexibility index (Phi) is 7.55. The maximum Gasteiger partial charge on any atom is 0.410 e. The predicted molar refractivity (Wildman–Crippen MR) is 156 cm³/mol. The van der Waals surface area contributed by atoms with E-state index in [4.69, 9.17) is 4.74 Å². The van der Waals surface area contributed by atoms with Crippen molar-refractivity contribution >= 4 is 17.7 Å². The summed E-state index contributed by atoms with van der Waals surface area (Å²) in [6.45, 7) is 8.45. The van der Waals surface area contributed by atoms with Crippen LogP contribution in [0.25, 0.3) is 0 Å². The van der Waals surface area contributed by atoms with E-state index in [2.05, 4.69) is 53.2 Å². The second-order valence-electron chi connectivity index (χ2n) is 10.8. The van der Waals surface area contributed by atoms with Crippen molar-refractivity contribution in [1.29, 1.82) is 0 Å². The van der Waals surface area contributed by atoms with Crippen molar-refractivity contribution in [1.82, 2.24) is 14.7 Å². The summed E-state index contributed by atoms with van der Waals surface area (Å²) in [5, 5.41) is 3.74. The molecule has 2 amide bonds. The lowest BCUT2D eigenvalue weighted by Crippen LogP contribution is -2.48. The third kappa shape index (κ3) is 5.21. The van der Waals surface area contributed by atoms with Gasteiger partial charge >= 0.3 is 6.09 Å². The van der Waals surface area contributed by atoms with E-state index in [1.807, 2.05) is 52.3 Å². The summed E-state index contributed by atoms with van der Waals surface area (Å²) in [5.74, 6) is 0.209. The van der Waals surface area contributed by atoms with Crippen molar-refractivity contribution < 1.29 is 14.3 Å². The molecular weight excluding hydrogens is 500 g/mol. The molecule has 3 aliphatic heterocycles. The maximum atomic E-state index is 13.7. The monoisotopic (exact) mass is 536 g/mol. The van der Waals surface area contributed by atoms with Gasteiger partial charge in [-0.3, -0.25) is 9.69 Å². The summed E-state index contributed by atoms with van der Waals surface area (Å²) in [6, 6.07) is 26.7. The average molecular weight is 537 g/mol. The molecule has 3 heterocycles. The summed E-state index contributed by atoms with van der Waals surface area (Å²) < 4.78 is 5.47. The van der Waals surface area contributed by atoms with Gasteiger partial charge in [0.25, 0.3) is 5.91 Å². The number of rotatable bonds is 6. The highest BCUT2D eigenvalue weighted by molar-refractivity contribution is 5.95. The smallest absolute Gasteiger partial charge is 0.410 e. The first-order valence-electron chi connectivity index (χ1n) is 14.2. The van der Waals surface area contributed by atoms with Crippen LogP contribution in [0.5, 0.6) is 0 Å². The van der Waals surface area contributed by atoms with E-state index in [0.29, 0.717) is 25.2 Å². The average Bonchev–Trinajstić information content (AvgIpc) is 3.46. The Bertz CT molecular complexity index is 1350. The van der Waals surface area contributed by atoms with Crippen LogP contribution in [0.15, 0.2) is 91.5 Å². The second-order valence-corrected chi connectivity index (χ2v) is 10.8. The molecule has 3 aliphatic rings. The standard InChI is InChI=1S/C33H36N4O3/c1-2-21-40-33(39)37-16-15-27-30(25-11-7-4-8-12-25)34-29-14-13-26(22-28(29)31(27)37)32(38)36-19-17-35(18-20-36)23-24-9-5-3-6-10-24/h2-14,22,27,30-31,34H,1,15-21,23H2/t27-,30?,31-/m0/s1. The molecule has 2 saturated heterocycles. The normalized spacial score (nSPS) is 22.1. The Hall–Kier alpha value is -4.10. The SMILES string of the molecule is C=CCOC(=O)N1CC[C@H]2C(c3ccccc3)Nc3ccc(C(=O)N4CCN(Cc5ccccc5)CC4)cc3[C@H]21. The summed E-state index contributed by atoms with van der Waals surface area (Å²) in [5.41, 5.74) is 5.10. The van der Waals surface area contributed by atoms with E-state index >= 15 is 0 Å². The molecule has 40 heavy (non-hydrogen) atoms. The van der Waals surface area contributed by atoms with Crippen molar-refractivity contribution in [2.75, 3.05) is 44.6 Å². The molecule has 2 fully saturated rings. The molecule has 6 rings (SSSR count). The zero-order valence-corrected chi connectivity index (χ0v) is 22.7. The number of nitrogens with one attached hydrogen (secondary N) is 1. The number of likely N-dealkylation sites (tertiary alicyclic amines) is 1. The molecule has 3 aromatic carbocycles. The molecule has 0 saturated carbocycles. The van der Waals surface area contributed by atoms with E-state index in [1.54, 1.807) is 6.08 Å². The third-order valence-corrected chi connectivity index (χ3v) is 8.43. The van der Waals surface area contributed by atoms with Gasteiger partial charge in [-0.2, -0.15) is 0 Å². The van der Waals surface area contributed by atoms with Crippen molar-refractivity contribution in [2.45, 2.75) is 25.0 Å². The van der Waals surface area contributed by atoms with E-state index in [1.165, 1.54) is 11.1 Å². The molecule has 3 aromatic rings. The number of carbonyl (C=O) groups excluding carboxylic acids is 2. The predicted octanol–water partition coefficient (Wildman–Crippen LogP) is 5.50. The highest BCUT2D eigenvalue weighted by Gasteiger charge is 2.47. The summed E-state index contributed by atoms with van der Waals surface area (Å²) in [6.07, 6.45) is 2.10. The fraction of sp³-hybridized carbons (Fsp3) is 0.333. The van der Waals surface area contributed by atoms with Gasteiger partial charge in [-0.25, -0.2) is 4.79 Å². The first-order valence-corrected chi connectivity index (χ1v) is 14.2. The van der Waals surface area contributed by atoms with Crippen LogP contribution in [0.2, 0.25) is 0 Å². The van der Waals surface area contributed by atoms with Crippen LogP contribution in [0.3, 0.4) is 0 Å².